The van der Waals surface area contributed by atoms with Crippen LogP contribution < -0.4 is 0 Å². The monoisotopic (exact) mass is 120 g/mol. The van der Waals surface area contributed by atoms with Crippen molar-refractivity contribution in [3.63, 3.8) is 0 Å². The molecule has 0 aromatic heterocycles. The van der Waals surface area contributed by atoms with Gasteiger partial charge in [0, 0.05) is 11.8 Å². The molecule has 0 atom stereocenters. The molecule has 2 bridgehead atoms. The first-order valence-electron chi connectivity index (χ1n) is 3.68. The molecule has 0 aliphatic heterocycles. The molecule has 0 unspecified atom stereocenters. The van der Waals surface area contributed by atoms with Crippen LogP contribution in [0.25, 0.3) is 0 Å². The summed E-state index contributed by atoms with van der Waals surface area (Å²) in [6, 6.07) is 0. The second-order valence-electron chi connectivity index (χ2n) is 3.19. The SMILES string of the molecule is C=C1C2CCCC1C2=C. The van der Waals surface area contributed by atoms with Crippen LogP contribution in [0, 0.1) is 11.8 Å². The first-order chi connectivity index (χ1) is 4.30. The minimum atomic E-state index is 0.726. The first kappa shape index (κ1) is 5.28. The van der Waals surface area contributed by atoms with Gasteiger partial charge >= 0.3 is 0 Å². The van der Waals surface area contributed by atoms with Gasteiger partial charge in [0.05, 0.1) is 0 Å². The Morgan fingerprint density at radius 1 is 1.00 bits per heavy atom. The molecule has 3 saturated carbocycles. The second-order valence-corrected chi connectivity index (χ2v) is 3.19. The van der Waals surface area contributed by atoms with Crippen molar-refractivity contribution in [3.05, 3.63) is 24.3 Å². The normalized spacial score (nSPS) is 40.4. The molecular formula is C9H12. The third kappa shape index (κ3) is 0.487. The van der Waals surface area contributed by atoms with Crippen molar-refractivity contribution < 1.29 is 0 Å². The zero-order valence-electron chi connectivity index (χ0n) is 5.69. The number of fused-ring (bicyclic) bond motifs is 2. The summed E-state index contributed by atoms with van der Waals surface area (Å²) < 4.78 is 0. The van der Waals surface area contributed by atoms with E-state index < -0.39 is 0 Å². The Morgan fingerprint density at radius 3 is 1.67 bits per heavy atom. The summed E-state index contributed by atoms with van der Waals surface area (Å²) in [4.78, 5) is 0. The van der Waals surface area contributed by atoms with Crippen LogP contribution in [0.4, 0.5) is 0 Å². The Bertz CT molecular complexity index is 144. The van der Waals surface area contributed by atoms with E-state index in [2.05, 4.69) is 13.2 Å². The summed E-state index contributed by atoms with van der Waals surface area (Å²) in [5.41, 5.74) is 2.93. The number of hydrogen-bond acceptors (Lipinski definition) is 0. The molecule has 0 spiro atoms. The van der Waals surface area contributed by atoms with E-state index in [0.29, 0.717) is 0 Å². The average Bonchev–Trinajstić information content (AvgIpc) is 1.91. The molecule has 0 nitrogen and oxygen atoms in total. The quantitative estimate of drug-likeness (QED) is 0.431. The Balaban J connectivity index is 2.26. The highest BCUT2D eigenvalue weighted by Gasteiger charge is 2.40. The van der Waals surface area contributed by atoms with Crippen LogP contribution in [0.2, 0.25) is 0 Å². The van der Waals surface area contributed by atoms with Gasteiger partial charge in [-0.2, -0.15) is 0 Å². The van der Waals surface area contributed by atoms with Gasteiger partial charge in [0.25, 0.3) is 0 Å². The minimum absolute atomic E-state index is 0.726. The predicted octanol–water partition coefficient (Wildman–Crippen LogP) is 2.53. The molecule has 3 aliphatic carbocycles. The van der Waals surface area contributed by atoms with Crippen LogP contribution in [0.15, 0.2) is 24.3 Å². The summed E-state index contributed by atoms with van der Waals surface area (Å²) in [6.45, 7) is 8.07. The molecule has 0 saturated heterocycles. The van der Waals surface area contributed by atoms with E-state index >= 15 is 0 Å². The fourth-order valence-corrected chi connectivity index (χ4v) is 2.13. The largest absolute Gasteiger partial charge is 0.0986 e. The van der Waals surface area contributed by atoms with Crippen molar-refractivity contribution in [2.75, 3.05) is 0 Å². The molecule has 0 aromatic rings. The van der Waals surface area contributed by atoms with Crippen molar-refractivity contribution in [1.29, 1.82) is 0 Å². The van der Waals surface area contributed by atoms with E-state index in [-0.39, 0.29) is 0 Å². The van der Waals surface area contributed by atoms with Crippen LogP contribution in [0.5, 0.6) is 0 Å². The van der Waals surface area contributed by atoms with Crippen molar-refractivity contribution >= 4 is 0 Å². The van der Waals surface area contributed by atoms with E-state index in [0.717, 1.165) is 11.8 Å². The predicted molar refractivity (Wildman–Crippen MR) is 39.1 cm³/mol. The number of rotatable bonds is 0. The molecular weight excluding hydrogens is 108 g/mol. The van der Waals surface area contributed by atoms with E-state index in [1.165, 1.54) is 30.4 Å². The lowest BCUT2D eigenvalue weighted by Crippen LogP contribution is -2.34. The summed E-state index contributed by atoms with van der Waals surface area (Å²) in [5, 5.41) is 0. The first-order valence-corrected chi connectivity index (χ1v) is 3.68. The zero-order valence-corrected chi connectivity index (χ0v) is 5.69. The fourth-order valence-electron chi connectivity index (χ4n) is 2.13. The molecule has 48 valence electrons. The van der Waals surface area contributed by atoms with Gasteiger partial charge in [-0.1, -0.05) is 30.7 Å². The van der Waals surface area contributed by atoms with Gasteiger partial charge in [0.15, 0.2) is 0 Å². The third-order valence-electron chi connectivity index (χ3n) is 2.78. The standard InChI is InChI=1S/C9H12/c1-6-8-4-3-5-9(6)7(8)2/h8-9H,1-5H2. The van der Waals surface area contributed by atoms with Gasteiger partial charge in [-0.3, -0.25) is 0 Å². The highest BCUT2D eigenvalue weighted by Crippen LogP contribution is 2.52. The number of hydrogen-bond donors (Lipinski definition) is 0. The maximum atomic E-state index is 4.03. The van der Waals surface area contributed by atoms with E-state index in [4.69, 9.17) is 0 Å². The highest BCUT2D eigenvalue weighted by atomic mass is 14.4. The Kier molecular flexibility index (Phi) is 0.879. The van der Waals surface area contributed by atoms with Crippen LogP contribution in [-0.2, 0) is 0 Å². The molecule has 0 amide bonds. The average molecular weight is 120 g/mol. The van der Waals surface area contributed by atoms with Crippen LogP contribution in [-0.4, -0.2) is 0 Å². The molecule has 0 radical (unpaired) electrons. The Morgan fingerprint density at radius 2 is 1.44 bits per heavy atom. The summed E-state index contributed by atoms with van der Waals surface area (Å²) in [7, 11) is 0. The Hall–Kier alpha value is -0.520. The van der Waals surface area contributed by atoms with Gasteiger partial charge in [-0.25, -0.2) is 0 Å². The molecule has 0 heterocycles. The molecule has 9 heavy (non-hydrogen) atoms. The summed E-state index contributed by atoms with van der Waals surface area (Å²) >= 11 is 0. The van der Waals surface area contributed by atoms with Gasteiger partial charge in [-0.15, -0.1) is 0 Å². The lowest BCUT2D eigenvalue weighted by atomic mass is 9.59. The second kappa shape index (κ2) is 1.50. The van der Waals surface area contributed by atoms with Crippen LogP contribution in [0.1, 0.15) is 19.3 Å². The van der Waals surface area contributed by atoms with Crippen molar-refractivity contribution in [2.45, 2.75) is 19.3 Å². The lowest BCUT2D eigenvalue weighted by Gasteiger charge is -2.46. The van der Waals surface area contributed by atoms with Crippen molar-refractivity contribution in [1.82, 2.24) is 0 Å². The molecule has 3 fully saturated rings. The van der Waals surface area contributed by atoms with E-state index in [9.17, 15) is 0 Å². The Labute approximate surface area is 56.3 Å². The topological polar surface area (TPSA) is 0 Å². The van der Waals surface area contributed by atoms with E-state index in [1.54, 1.807) is 0 Å². The minimum Gasteiger partial charge on any atom is -0.0986 e. The van der Waals surface area contributed by atoms with Gasteiger partial charge < -0.3 is 0 Å². The molecule has 0 aromatic carbocycles. The van der Waals surface area contributed by atoms with Gasteiger partial charge in [0.2, 0.25) is 0 Å². The lowest BCUT2D eigenvalue weighted by molar-refractivity contribution is 0.324. The third-order valence-corrected chi connectivity index (χ3v) is 2.78. The summed E-state index contributed by atoms with van der Waals surface area (Å²) in [5.74, 6) is 1.45. The van der Waals surface area contributed by atoms with Crippen LogP contribution in [0.3, 0.4) is 0 Å². The van der Waals surface area contributed by atoms with Gasteiger partial charge in [-0.05, 0) is 12.8 Å². The summed E-state index contributed by atoms with van der Waals surface area (Å²) in [6.07, 6.45) is 4.05. The zero-order chi connectivity index (χ0) is 6.43. The molecule has 3 rings (SSSR count). The highest BCUT2D eigenvalue weighted by molar-refractivity contribution is 5.39. The fraction of sp³-hybridized carbons (Fsp3) is 0.556. The number of allylic oxidation sites excluding steroid dienone is 2. The van der Waals surface area contributed by atoms with E-state index in [1.807, 2.05) is 0 Å². The molecule has 3 aliphatic rings. The maximum absolute atomic E-state index is 4.03. The molecule has 0 heteroatoms. The molecule has 0 N–H and O–H groups in total. The maximum Gasteiger partial charge on any atom is 0.00135 e. The smallest absolute Gasteiger partial charge is 0.00135 e. The van der Waals surface area contributed by atoms with Crippen LogP contribution >= 0.6 is 0 Å². The van der Waals surface area contributed by atoms with Crippen molar-refractivity contribution in [3.8, 4) is 0 Å². The van der Waals surface area contributed by atoms with Crippen molar-refractivity contribution in [2.24, 2.45) is 11.8 Å². The van der Waals surface area contributed by atoms with Gasteiger partial charge in [0.1, 0.15) is 0 Å².